The SMILES string of the molecule is CSc1c(Oc2ccc(F)c(I)c2)c(F)c(F)c2c1ccn2S(=O)(=O)c1ccc(C)cc1. The summed E-state index contributed by atoms with van der Waals surface area (Å²) in [6.45, 7) is 1.81. The number of hydrogen-bond acceptors (Lipinski definition) is 4. The minimum atomic E-state index is -4.17. The molecule has 0 unspecified atom stereocenters. The van der Waals surface area contributed by atoms with E-state index in [4.69, 9.17) is 4.74 Å². The first-order valence-electron chi connectivity index (χ1n) is 9.16. The second-order valence-electron chi connectivity index (χ2n) is 6.86. The highest BCUT2D eigenvalue weighted by Crippen LogP contribution is 2.43. The summed E-state index contributed by atoms with van der Waals surface area (Å²) in [4.78, 5) is 0.170. The number of ether oxygens (including phenoxy) is 1. The van der Waals surface area contributed by atoms with Crippen molar-refractivity contribution >= 4 is 55.3 Å². The number of aryl methyl sites for hydroxylation is 1. The van der Waals surface area contributed by atoms with Crippen molar-refractivity contribution in [2.45, 2.75) is 16.7 Å². The number of fused-ring (bicyclic) bond motifs is 1. The normalized spacial score (nSPS) is 11.8. The number of aromatic nitrogens is 1. The van der Waals surface area contributed by atoms with E-state index < -0.39 is 38.7 Å². The third kappa shape index (κ3) is 3.88. The van der Waals surface area contributed by atoms with E-state index in [9.17, 15) is 12.8 Å². The summed E-state index contributed by atoms with van der Waals surface area (Å²) in [6.07, 6.45) is 2.83. The van der Waals surface area contributed by atoms with E-state index in [2.05, 4.69) is 0 Å². The molecule has 0 amide bonds. The summed E-state index contributed by atoms with van der Waals surface area (Å²) in [5.74, 6) is -3.43. The van der Waals surface area contributed by atoms with Crippen molar-refractivity contribution in [3.05, 3.63) is 81.3 Å². The van der Waals surface area contributed by atoms with E-state index in [1.807, 2.05) is 6.92 Å². The topological polar surface area (TPSA) is 48.3 Å². The molecule has 4 nitrogen and oxygen atoms in total. The second-order valence-corrected chi connectivity index (χ2v) is 10.7. The molecule has 4 rings (SSSR count). The Balaban J connectivity index is 1.91. The molecule has 0 bridgehead atoms. The van der Waals surface area contributed by atoms with E-state index in [0.717, 1.165) is 27.4 Å². The molecule has 10 heteroatoms. The van der Waals surface area contributed by atoms with E-state index in [1.165, 1.54) is 36.5 Å². The Hall–Kier alpha value is -2.18. The Bertz CT molecular complexity index is 1450. The lowest BCUT2D eigenvalue weighted by molar-refractivity contribution is 0.408. The maximum Gasteiger partial charge on any atom is 0.268 e. The van der Waals surface area contributed by atoms with Gasteiger partial charge in [0.05, 0.1) is 13.4 Å². The molecular weight excluding hydrogens is 574 g/mol. The maximum atomic E-state index is 15.2. The molecule has 0 saturated carbocycles. The fourth-order valence-corrected chi connectivity index (χ4v) is 5.75. The summed E-state index contributed by atoms with van der Waals surface area (Å²) in [5, 5.41) is 0.180. The predicted octanol–water partition coefficient (Wildman–Crippen LogP) is 6.72. The standard InChI is InChI=1S/C22H15F3INO3S2/c1-12-3-6-14(7-4-12)32(28,29)27-10-9-15-20(27)18(24)19(25)21(22(15)31-2)30-13-5-8-16(23)17(26)11-13/h3-11H,1-2H3. The fraction of sp³-hybridized carbons (Fsp3) is 0.0909. The maximum absolute atomic E-state index is 15.2. The van der Waals surface area contributed by atoms with Crippen LogP contribution < -0.4 is 4.74 Å². The van der Waals surface area contributed by atoms with Gasteiger partial charge in [-0.3, -0.25) is 0 Å². The van der Waals surface area contributed by atoms with Crippen LogP contribution in [-0.2, 0) is 10.0 Å². The van der Waals surface area contributed by atoms with E-state index in [0.29, 0.717) is 0 Å². The molecule has 4 aromatic rings. The highest BCUT2D eigenvalue weighted by molar-refractivity contribution is 14.1. The van der Waals surface area contributed by atoms with Crippen LogP contribution in [0.1, 0.15) is 5.56 Å². The van der Waals surface area contributed by atoms with Gasteiger partial charge in [0.15, 0.2) is 11.6 Å². The lowest BCUT2D eigenvalue weighted by Gasteiger charge is -2.15. The molecular formula is C22H15F3INO3S2. The Kier molecular flexibility index (Phi) is 6.21. The zero-order valence-electron chi connectivity index (χ0n) is 16.7. The van der Waals surface area contributed by atoms with Crippen LogP contribution in [0.15, 0.2) is 64.5 Å². The van der Waals surface area contributed by atoms with Gasteiger partial charge in [0.1, 0.15) is 17.1 Å². The van der Waals surface area contributed by atoms with Crippen LogP contribution in [0.25, 0.3) is 10.9 Å². The van der Waals surface area contributed by atoms with Crippen LogP contribution in [0.2, 0.25) is 0 Å². The Labute approximate surface area is 200 Å². The van der Waals surface area contributed by atoms with E-state index in [1.54, 1.807) is 41.0 Å². The van der Waals surface area contributed by atoms with Gasteiger partial charge in [0.2, 0.25) is 5.82 Å². The third-order valence-corrected chi connectivity index (χ3v) is 8.13. The number of nitrogens with zero attached hydrogens (tertiary/aromatic N) is 1. The summed E-state index contributed by atoms with van der Waals surface area (Å²) < 4.78 is 76.7. The lowest BCUT2D eigenvalue weighted by Crippen LogP contribution is -2.13. The van der Waals surface area contributed by atoms with Crippen LogP contribution in [0.5, 0.6) is 11.5 Å². The van der Waals surface area contributed by atoms with Gasteiger partial charge in [-0.2, -0.15) is 4.39 Å². The first-order chi connectivity index (χ1) is 15.1. The molecule has 3 aromatic carbocycles. The van der Waals surface area contributed by atoms with Crippen molar-refractivity contribution < 1.29 is 26.3 Å². The fourth-order valence-electron chi connectivity index (χ4n) is 3.21. The molecule has 0 aliphatic carbocycles. The Morgan fingerprint density at radius 1 is 1.00 bits per heavy atom. The predicted molar refractivity (Wildman–Crippen MR) is 127 cm³/mol. The van der Waals surface area contributed by atoms with Crippen molar-refractivity contribution in [3.8, 4) is 11.5 Å². The van der Waals surface area contributed by atoms with Crippen molar-refractivity contribution in [3.63, 3.8) is 0 Å². The van der Waals surface area contributed by atoms with Gasteiger partial charge in [-0.25, -0.2) is 21.2 Å². The Morgan fingerprint density at radius 2 is 1.69 bits per heavy atom. The molecule has 0 spiro atoms. The minimum absolute atomic E-state index is 0.0488. The molecule has 0 aliphatic heterocycles. The van der Waals surface area contributed by atoms with E-state index in [-0.39, 0.29) is 24.5 Å². The molecule has 32 heavy (non-hydrogen) atoms. The highest BCUT2D eigenvalue weighted by Gasteiger charge is 2.28. The van der Waals surface area contributed by atoms with Gasteiger partial charge in [-0.15, -0.1) is 11.8 Å². The van der Waals surface area contributed by atoms with Gasteiger partial charge >= 0.3 is 0 Å². The molecule has 0 aliphatic rings. The molecule has 0 N–H and O–H groups in total. The number of halogens is 4. The van der Waals surface area contributed by atoms with Crippen LogP contribution in [0.3, 0.4) is 0 Å². The monoisotopic (exact) mass is 589 g/mol. The summed E-state index contributed by atoms with van der Waals surface area (Å²) >= 11 is 2.84. The Morgan fingerprint density at radius 3 is 2.31 bits per heavy atom. The zero-order valence-corrected chi connectivity index (χ0v) is 20.5. The number of thioether (sulfide) groups is 1. The number of rotatable bonds is 5. The average Bonchev–Trinajstić information content (AvgIpc) is 3.21. The molecule has 1 heterocycles. The number of hydrogen-bond donors (Lipinski definition) is 0. The summed E-state index contributed by atoms with van der Waals surface area (Å²) in [6, 6.07) is 11.3. The van der Waals surface area contributed by atoms with Crippen LogP contribution in [0, 0.1) is 27.9 Å². The average molecular weight is 589 g/mol. The smallest absolute Gasteiger partial charge is 0.268 e. The minimum Gasteiger partial charge on any atom is -0.453 e. The van der Waals surface area contributed by atoms with Crippen molar-refractivity contribution in [1.29, 1.82) is 0 Å². The van der Waals surface area contributed by atoms with Gasteiger partial charge in [-0.1, -0.05) is 17.7 Å². The second kappa shape index (κ2) is 8.64. The molecule has 166 valence electrons. The van der Waals surface area contributed by atoms with Crippen LogP contribution >= 0.6 is 34.4 Å². The first-order valence-corrected chi connectivity index (χ1v) is 12.9. The van der Waals surface area contributed by atoms with Crippen LogP contribution in [-0.4, -0.2) is 18.6 Å². The van der Waals surface area contributed by atoms with Crippen molar-refractivity contribution in [2.75, 3.05) is 6.26 Å². The molecule has 0 fully saturated rings. The highest BCUT2D eigenvalue weighted by atomic mass is 127. The van der Waals surface area contributed by atoms with Gasteiger partial charge in [0, 0.05) is 11.6 Å². The molecule has 0 radical (unpaired) electrons. The largest absolute Gasteiger partial charge is 0.453 e. The quantitative estimate of drug-likeness (QED) is 0.192. The number of benzene rings is 3. The van der Waals surface area contributed by atoms with Crippen molar-refractivity contribution in [1.82, 2.24) is 3.97 Å². The molecule has 1 aromatic heterocycles. The lowest BCUT2D eigenvalue weighted by atomic mass is 10.2. The zero-order chi connectivity index (χ0) is 23.2. The van der Waals surface area contributed by atoms with Gasteiger partial charge in [-0.05, 0) is 72.2 Å². The third-order valence-electron chi connectivity index (χ3n) is 4.80. The van der Waals surface area contributed by atoms with Gasteiger partial charge in [0.25, 0.3) is 10.0 Å². The summed E-state index contributed by atoms with van der Waals surface area (Å²) in [7, 11) is -4.17. The molecule has 0 saturated heterocycles. The van der Waals surface area contributed by atoms with Crippen molar-refractivity contribution in [2.24, 2.45) is 0 Å². The molecule has 0 atom stereocenters. The first kappa shape index (κ1) is 23.0. The van der Waals surface area contributed by atoms with E-state index >= 15 is 8.78 Å². The summed E-state index contributed by atoms with van der Waals surface area (Å²) in [5.41, 5.74) is 0.453. The van der Waals surface area contributed by atoms with Gasteiger partial charge < -0.3 is 4.74 Å². The van der Waals surface area contributed by atoms with Crippen LogP contribution in [0.4, 0.5) is 13.2 Å².